The molecule has 156 valence electrons. The van der Waals surface area contributed by atoms with E-state index in [1.54, 1.807) is 0 Å². The lowest BCUT2D eigenvalue weighted by atomic mass is 9.66. The molecule has 1 aliphatic heterocycles. The summed E-state index contributed by atoms with van der Waals surface area (Å²) in [6.45, 7) is 9.74. The lowest BCUT2D eigenvalue weighted by molar-refractivity contribution is -0.143. The molecule has 4 nitrogen and oxygen atoms in total. The van der Waals surface area contributed by atoms with Gasteiger partial charge in [-0.1, -0.05) is 62.4 Å². The standard InChI is InChI=1S/C26H29NO3/c1-15(2)30-25(29)22-16(3)27-20-13-26(4,5)14-21(28)24(20)23(22)19-12-8-10-17-9-6-7-11-18(17)19/h6-13,15,23-24,27H,14H2,1-5H3. The molecule has 0 aromatic heterocycles. The van der Waals surface area contributed by atoms with Gasteiger partial charge in [-0.05, 0) is 42.5 Å². The Hall–Kier alpha value is -2.88. The Labute approximate surface area is 178 Å². The average molecular weight is 404 g/mol. The Morgan fingerprint density at radius 3 is 2.53 bits per heavy atom. The second-order valence-corrected chi connectivity index (χ2v) is 9.37. The van der Waals surface area contributed by atoms with Crippen LogP contribution in [0.3, 0.4) is 0 Å². The van der Waals surface area contributed by atoms with Crippen molar-refractivity contribution in [1.82, 2.24) is 5.32 Å². The Kier molecular flexibility index (Phi) is 5.05. The minimum absolute atomic E-state index is 0.158. The maximum absolute atomic E-state index is 13.4. The molecule has 0 fully saturated rings. The van der Waals surface area contributed by atoms with E-state index < -0.39 is 5.92 Å². The van der Waals surface area contributed by atoms with E-state index in [-0.39, 0.29) is 29.2 Å². The number of ketones is 1. The maximum atomic E-state index is 13.4. The van der Waals surface area contributed by atoms with Crippen molar-refractivity contribution in [2.45, 2.75) is 53.1 Å². The minimum atomic E-state index is -0.415. The normalized spacial score (nSPS) is 23.1. The summed E-state index contributed by atoms with van der Waals surface area (Å²) >= 11 is 0. The lowest BCUT2D eigenvalue weighted by Crippen LogP contribution is -2.43. The number of esters is 1. The van der Waals surface area contributed by atoms with E-state index in [1.807, 2.05) is 45.0 Å². The van der Waals surface area contributed by atoms with Gasteiger partial charge in [-0.15, -0.1) is 0 Å². The zero-order chi connectivity index (χ0) is 21.6. The van der Waals surface area contributed by atoms with E-state index in [9.17, 15) is 9.59 Å². The predicted molar refractivity (Wildman–Crippen MR) is 119 cm³/mol. The number of carbonyl (C=O) groups excluding carboxylic acids is 2. The van der Waals surface area contributed by atoms with E-state index in [0.717, 1.165) is 27.7 Å². The highest BCUT2D eigenvalue weighted by atomic mass is 16.5. The van der Waals surface area contributed by atoms with Crippen molar-refractivity contribution in [2.24, 2.45) is 11.3 Å². The summed E-state index contributed by atoms with van der Waals surface area (Å²) in [5.41, 5.74) is 2.98. The molecule has 0 bridgehead atoms. The highest BCUT2D eigenvalue weighted by Gasteiger charge is 2.46. The molecule has 0 saturated carbocycles. The van der Waals surface area contributed by atoms with Gasteiger partial charge in [0.15, 0.2) is 0 Å². The van der Waals surface area contributed by atoms with Gasteiger partial charge in [0, 0.05) is 23.7 Å². The summed E-state index contributed by atoms with van der Waals surface area (Å²) in [6, 6.07) is 14.2. The topological polar surface area (TPSA) is 55.4 Å². The van der Waals surface area contributed by atoms with Crippen molar-refractivity contribution in [2.75, 3.05) is 0 Å². The SMILES string of the molecule is CC1=C(C(=O)OC(C)C)C(c2cccc3ccccc23)C2C(=O)CC(C)(C)C=C2N1. The molecular weight excluding hydrogens is 374 g/mol. The first-order valence-electron chi connectivity index (χ1n) is 10.6. The van der Waals surface area contributed by atoms with Crippen molar-refractivity contribution < 1.29 is 14.3 Å². The van der Waals surface area contributed by atoms with Crippen LogP contribution < -0.4 is 5.32 Å². The van der Waals surface area contributed by atoms with Gasteiger partial charge in [0.2, 0.25) is 0 Å². The molecule has 2 aromatic rings. The van der Waals surface area contributed by atoms with Gasteiger partial charge < -0.3 is 10.1 Å². The molecule has 0 radical (unpaired) electrons. The Balaban J connectivity index is 1.97. The number of rotatable bonds is 3. The van der Waals surface area contributed by atoms with Crippen LogP contribution in [0.2, 0.25) is 0 Å². The Bertz CT molecular complexity index is 1090. The predicted octanol–water partition coefficient (Wildman–Crippen LogP) is 5.25. The number of ether oxygens (including phenoxy) is 1. The van der Waals surface area contributed by atoms with E-state index >= 15 is 0 Å². The number of carbonyl (C=O) groups is 2. The molecule has 0 saturated heterocycles. The fourth-order valence-corrected chi connectivity index (χ4v) is 4.87. The van der Waals surface area contributed by atoms with Crippen molar-refractivity contribution in [3.8, 4) is 0 Å². The van der Waals surface area contributed by atoms with E-state index in [4.69, 9.17) is 4.74 Å². The van der Waals surface area contributed by atoms with Gasteiger partial charge in [-0.3, -0.25) is 4.79 Å². The van der Waals surface area contributed by atoms with Crippen LogP contribution in [0, 0.1) is 11.3 Å². The fraction of sp³-hybridized carbons (Fsp3) is 0.385. The molecule has 1 N–H and O–H groups in total. The highest BCUT2D eigenvalue weighted by Crippen LogP contribution is 2.48. The zero-order valence-electron chi connectivity index (χ0n) is 18.3. The third-order valence-electron chi connectivity index (χ3n) is 5.96. The van der Waals surface area contributed by atoms with E-state index in [0.29, 0.717) is 12.0 Å². The van der Waals surface area contributed by atoms with Gasteiger partial charge in [-0.25, -0.2) is 4.79 Å². The van der Waals surface area contributed by atoms with Gasteiger partial charge in [-0.2, -0.15) is 0 Å². The second kappa shape index (κ2) is 7.42. The van der Waals surface area contributed by atoms with Crippen LogP contribution in [-0.4, -0.2) is 17.9 Å². The van der Waals surface area contributed by atoms with Gasteiger partial charge in [0.05, 0.1) is 17.6 Å². The third-order valence-corrected chi connectivity index (χ3v) is 5.96. The first kappa shape index (κ1) is 20.4. The molecule has 30 heavy (non-hydrogen) atoms. The second-order valence-electron chi connectivity index (χ2n) is 9.37. The number of Topliss-reactive ketones (excluding diaryl/α,β-unsaturated/α-hetero) is 1. The molecule has 4 heteroatoms. The van der Waals surface area contributed by atoms with Crippen LogP contribution in [0.25, 0.3) is 10.8 Å². The number of hydrogen-bond donors (Lipinski definition) is 1. The van der Waals surface area contributed by atoms with E-state index in [1.165, 1.54) is 0 Å². The minimum Gasteiger partial charge on any atom is -0.460 e. The number of allylic oxidation sites excluding steroid dienone is 3. The molecule has 1 heterocycles. The summed E-state index contributed by atoms with van der Waals surface area (Å²) in [6.07, 6.45) is 2.38. The molecule has 2 aromatic carbocycles. The van der Waals surface area contributed by atoms with Gasteiger partial charge >= 0.3 is 5.97 Å². The van der Waals surface area contributed by atoms with Gasteiger partial charge in [0.1, 0.15) is 5.78 Å². The van der Waals surface area contributed by atoms with Crippen molar-refractivity contribution in [3.05, 3.63) is 71.1 Å². The average Bonchev–Trinajstić information content (AvgIpc) is 2.64. The summed E-state index contributed by atoms with van der Waals surface area (Å²) in [5.74, 6) is -0.990. The first-order valence-corrected chi connectivity index (χ1v) is 10.6. The molecule has 0 spiro atoms. The summed E-state index contributed by atoms with van der Waals surface area (Å²) < 4.78 is 5.61. The van der Waals surface area contributed by atoms with Crippen LogP contribution in [-0.2, 0) is 14.3 Å². The van der Waals surface area contributed by atoms with Gasteiger partial charge in [0.25, 0.3) is 0 Å². The first-order chi connectivity index (χ1) is 14.2. The van der Waals surface area contributed by atoms with Crippen LogP contribution >= 0.6 is 0 Å². The number of benzene rings is 2. The summed E-state index contributed by atoms with van der Waals surface area (Å²) in [7, 11) is 0. The maximum Gasteiger partial charge on any atom is 0.336 e. The number of hydrogen-bond acceptors (Lipinski definition) is 4. The quantitative estimate of drug-likeness (QED) is 0.711. The highest BCUT2D eigenvalue weighted by molar-refractivity contribution is 5.98. The molecule has 2 unspecified atom stereocenters. The van der Waals surface area contributed by atoms with Crippen LogP contribution in [0.1, 0.15) is 52.5 Å². The van der Waals surface area contributed by atoms with Crippen LogP contribution in [0.15, 0.2) is 65.5 Å². The Morgan fingerprint density at radius 1 is 1.10 bits per heavy atom. The van der Waals surface area contributed by atoms with Crippen molar-refractivity contribution in [1.29, 1.82) is 0 Å². The molecule has 2 atom stereocenters. The Morgan fingerprint density at radius 2 is 1.80 bits per heavy atom. The largest absolute Gasteiger partial charge is 0.460 e. The van der Waals surface area contributed by atoms with E-state index in [2.05, 4.69) is 43.4 Å². The molecule has 1 aliphatic carbocycles. The fourth-order valence-electron chi connectivity index (χ4n) is 4.87. The smallest absolute Gasteiger partial charge is 0.336 e. The molecule has 0 amide bonds. The molecular formula is C26H29NO3. The molecule has 4 rings (SSSR count). The number of nitrogens with one attached hydrogen (secondary N) is 1. The monoisotopic (exact) mass is 403 g/mol. The lowest BCUT2D eigenvalue weighted by Gasteiger charge is -2.41. The van der Waals surface area contributed by atoms with Crippen molar-refractivity contribution >= 4 is 22.5 Å². The summed E-state index contributed by atoms with van der Waals surface area (Å²) in [5, 5.41) is 5.53. The third kappa shape index (κ3) is 3.55. The van der Waals surface area contributed by atoms with Crippen LogP contribution in [0.5, 0.6) is 0 Å². The molecule has 2 aliphatic rings. The van der Waals surface area contributed by atoms with Crippen LogP contribution in [0.4, 0.5) is 0 Å². The number of fused-ring (bicyclic) bond motifs is 2. The van der Waals surface area contributed by atoms with Crippen molar-refractivity contribution in [3.63, 3.8) is 0 Å². The summed E-state index contributed by atoms with van der Waals surface area (Å²) in [4.78, 5) is 26.6. The zero-order valence-corrected chi connectivity index (χ0v) is 18.3.